The maximum atomic E-state index is 10.7. The number of amides is 2. The Morgan fingerprint density at radius 1 is 1.35 bits per heavy atom. The molecule has 0 aliphatic heterocycles. The minimum atomic E-state index is -1.10. The molecule has 0 spiro atoms. The Hall–Kier alpha value is -1.69. The molecule has 4 N–H and O–H groups in total. The zero-order chi connectivity index (χ0) is 12.7. The monoisotopic (exact) mass is 254 g/mol. The Labute approximate surface area is 103 Å². The molecule has 0 heterocycles. The molecule has 1 aromatic carbocycles. The van der Waals surface area contributed by atoms with Crippen molar-refractivity contribution in [2.75, 3.05) is 5.75 Å². The van der Waals surface area contributed by atoms with Gasteiger partial charge in [0, 0.05) is 11.8 Å². The number of carbonyl (C=O) groups is 2. The second-order valence-corrected chi connectivity index (χ2v) is 4.49. The fourth-order valence-corrected chi connectivity index (χ4v) is 1.97. The van der Waals surface area contributed by atoms with E-state index in [-0.39, 0.29) is 6.04 Å². The van der Waals surface area contributed by atoms with Crippen LogP contribution in [0.3, 0.4) is 0 Å². The van der Waals surface area contributed by atoms with Crippen LogP contribution >= 0.6 is 11.8 Å². The summed E-state index contributed by atoms with van der Waals surface area (Å²) in [5.41, 5.74) is 6.02. The van der Waals surface area contributed by atoms with Gasteiger partial charge < -0.3 is 16.2 Å². The van der Waals surface area contributed by atoms with Gasteiger partial charge in [0.15, 0.2) is 0 Å². The van der Waals surface area contributed by atoms with Gasteiger partial charge >= 0.3 is 6.09 Å². The number of thioether (sulfide) groups is 1. The Morgan fingerprint density at radius 3 is 2.53 bits per heavy atom. The van der Waals surface area contributed by atoms with Gasteiger partial charge in [-0.25, -0.2) is 4.79 Å². The van der Waals surface area contributed by atoms with Crippen LogP contribution < -0.4 is 11.1 Å². The van der Waals surface area contributed by atoms with Crippen molar-refractivity contribution in [1.82, 2.24) is 5.32 Å². The van der Waals surface area contributed by atoms with Crippen LogP contribution in [-0.2, 0) is 6.42 Å². The molecule has 0 aliphatic rings. The third kappa shape index (κ3) is 5.82. The maximum Gasteiger partial charge on any atom is 0.404 e. The van der Waals surface area contributed by atoms with Crippen molar-refractivity contribution in [3.63, 3.8) is 0 Å². The molecule has 2 amide bonds. The molecule has 17 heavy (non-hydrogen) atoms. The van der Waals surface area contributed by atoms with E-state index in [2.05, 4.69) is 5.32 Å². The van der Waals surface area contributed by atoms with Crippen LogP contribution in [0.1, 0.15) is 5.56 Å². The highest BCUT2D eigenvalue weighted by atomic mass is 32.2. The van der Waals surface area contributed by atoms with E-state index >= 15 is 0 Å². The predicted molar refractivity (Wildman–Crippen MR) is 67.1 cm³/mol. The van der Waals surface area contributed by atoms with Crippen molar-refractivity contribution in [2.24, 2.45) is 5.73 Å². The smallest absolute Gasteiger partial charge is 0.404 e. The fraction of sp³-hybridized carbons (Fsp3) is 0.273. The van der Waals surface area contributed by atoms with Crippen molar-refractivity contribution in [2.45, 2.75) is 12.5 Å². The SMILES string of the molecule is NC(=O)SC[C@@H](Cc1ccccc1)NC(=O)O. The number of nitrogens with two attached hydrogens (primary N) is 1. The molecule has 0 aliphatic carbocycles. The van der Waals surface area contributed by atoms with Gasteiger partial charge in [-0.1, -0.05) is 42.1 Å². The Balaban J connectivity index is 2.56. The number of hydrogen-bond donors (Lipinski definition) is 3. The summed E-state index contributed by atoms with van der Waals surface area (Å²) < 4.78 is 0. The number of carboxylic acid groups (broad SMARTS) is 1. The molecule has 92 valence electrons. The zero-order valence-electron chi connectivity index (χ0n) is 9.13. The quantitative estimate of drug-likeness (QED) is 0.745. The van der Waals surface area contributed by atoms with E-state index in [1.807, 2.05) is 30.3 Å². The molecule has 0 fully saturated rings. The van der Waals surface area contributed by atoms with Gasteiger partial charge in [0.1, 0.15) is 0 Å². The second-order valence-electron chi connectivity index (χ2n) is 3.47. The van der Waals surface area contributed by atoms with E-state index < -0.39 is 11.3 Å². The highest BCUT2D eigenvalue weighted by molar-refractivity contribution is 8.13. The van der Waals surface area contributed by atoms with Gasteiger partial charge in [-0.2, -0.15) is 0 Å². The van der Waals surface area contributed by atoms with Crippen LogP contribution in [-0.4, -0.2) is 28.2 Å². The van der Waals surface area contributed by atoms with E-state index in [1.165, 1.54) is 0 Å². The molecule has 0 unspecified atom stereocenters. The molecule has 6 heteroatoms. The summed E-state index contributed by atoms with van der Waals surface area (Å²) in [6.45, 7) is 0. The predicted octanol–water partition coefficient (Wildman–Crippen LogP) is 1.68. The summed E-state index contributed by atoms with van der Waals surface area (Å²) in [5, 5.41) is 10.6. The minimum absolute atomic E-state index is 0.326. The molecule has 1 rings (SSSR count). The lowest BCUT2D eigenvalue weighted by Crippen LogP contribution is -2.37. The highest BCUT2D eigenvalue weighted by Crippen LogP contribution is 2.09. The molecule has 1 aromatic rings. The lowest BCUT2D eigenvalue weighted by molar-refractivity contribution is 0.191. The topological polar surface area (TPSA) is 92.4 Å². The van der Waals surface area contributed by atoms with Crippen LogP contribution in [0.5, 0.6) is 0 Å². The number of primary amides is 1. The average Bonchev–Trinajstić information content (AvgIpc) is 2.26. The maximum absolute atomic E-state index is 10.7. The summed E-state index contributed by atoms with van der Waals surface area (Å²) in [4.78, 5) is 21.3. The standard InChI is InChI=1S/C11H14N2O3S/c12-10(14)17-7-9(13-11(15)16)6-8-4-2-1-3-5-8/h1-5,9,13H,6-7H2,(H2,12,14)(H,15,16)/t9-/m1/s1. The van der Waals surface area contributed by atoms with E-state index in [0.29, 0.717) is 12.2 Å². The minimum Gasteiger partial charge on any atom is -0.465 e. The summed E-state index contributed by atoms with van der Waals surface area (Å²) in [6.07, 6.45) is -0.566. The Morgan fingerprint density at radius 2 is 2.00 bits per heavy atom. The summed E-state index contributed by atoms with van der Waals surface area (Å²) in [5.74, 6) is 0.330. The number of hydrogen-bond acceptors (Lipinski definition) is 3. The van der Waals surface area contributed by atoms with Crippen molar-refractivity contribution in [3.8, 4) is 0 Å². The van der Waals surface area contributed by atoms with Crippen LogP contribution in [0.25, 0.3) is 0 Å². The van der Waals surface area contributed by atoms with Gasteiger partial charge in [0.25, 0.3) is 5.24 Å². The van der Waals surface area contributed by atoms with E-state index in [1.54, 1.807) is 0 Å². The van der Waals surface area contributed by atoms with E-state index in [0.717, 1.165) is 17.3 Å². The molecule has 0 saturated heterocycles. The van der Waals surface area contributed by atoms with Gasteiger partial charge in [0.2, 0.25) is 0 Å². The van der Waals surface area contributed by atoms with E-state index in [4.69, 9.17) is 10.8 Å². The van der Waals surface area contributed by atoms with Crippen molar-refractivity contribution in [1.29, 1.82) is 0 Å². The lowest BCUT2D eigenvalue weighted by Gasteiger charge is -2.15. The third-order valence-corrected chi connectivity index (χ3v) is 2.93. The first-order chi connectivity index (χ1) is 8.08. The molecular weight excluding hydrogens is 240 g/mol. The Kier molecular flexibility index (Phi) is 5.35. The first-order valence-electron chi connectivity index (χ1n) is 5.03. The van der Waals surface area contributed by atoms with Gasteiger partial charge in [-0.15, -0.1) is 0 Å². The second kappa shape index (κ2) is 6.80. The van der Waals surface area contributed by atoms with Crippen LogP contribution in [0, 0.1) is 0 Å². The summed E-state index contributed by atoms with van der Waals surface area (Å²) in [6, 6.07) is 9.15. The van der Waals surface area contributed by atoms with Crippen molar-refractivity contribution in [3.05, 3.63) is 35.9 Å². The fourth-order valence-electron chi connectivity index (χ4n) is 1.41. The molecule has 1 atom stereocenters. The molecule has 0 saturated carbocycles. The van der Waals surface area contributed by atoms with Gasteiger partial charge in [-0.05, 0) is 12.0 Å². The first kappa shape index (κ1) is 13.4. The summed E-state index contributed by atoms with van der Waals surface area (Å²) in [7, 11) is 0. The number of benzene rings is 1. The highest BCUT2D eigenvalue weighted by Gasteiger charge is 2.13. The molecule has 5 nitrogen and oxygen atoms in total. The summed E-state index contributed by atoms with van der Waals surface area (Å²) >= 11 is 0.914. The average molecular weight is 254 g/mol. The molecule has 0 bridgehead atoms. The number of carbonyl (C=O) groups excluding carboxylic acids is 1. The largest absolute Gasteiger partial charge is 0.465 e. The number of nitrogens with one attached hydrogen (secondary N) is 1. The lowest BCUT2D eigenvalue weighted by atomic mass is 10.1. The van der Waals surface area contributed by atoms with Gasteiger partial charge in [0.05, 0.1) is 0 Å². The first-order valence-corrected chi connectivity index (χ1v) is 6.02. The molecular formula is C11H14N2O3S. The molecule has 0 radical (unpaired) electrons. The molecule has 0 aromatic heterocycles. The zero-order valence-corrected chi connectivity index (χ0v) is 9.94. The Bertz CT molecular complexity index is 384. The number of rotatable bonds is 5. The van der Waals surface area contributed by atoms with Crippen LogP contribution in [0.15, 0.2) is 30.3 Å². The van der Waals surface area contributed by atoms with Gasteiger partial charge in [-0.3, -0.25) is 4.79 Å². The van der Waals surface area contributed by atoms with E-state index in [9.17, 15) is 9.59 Å². The van der Waals surface area contributed by atoms with Crippen molar-refractivity contribution >= 4 is 23.1 Å². The van der Waals surface area contributed by atoms with Crippen molar-refractivity contribution < 1.29 is 14.7 Å². The normalized spacial score (nSPS) is 11.8. The van der Waals surface area contributed by atoms with Crippen LogP contribution in [0.4, 0.5) is 9.59 Å². The van der Waals surface area contributed by atoms with Crippen LogP contribution in [0.2, 0.25) is 0 Å². The third-order valence-electron chi connectivity index (χ3n) is 2.08.